The Balaban J connectivity index is 1.72. The van der Waals surface area contributed by atoms with Crippen LogP contribution in [0.5, 0.6) is 0 Å². The zero-order valence-electron chi connectivity index (χ0n) is 13.3. The van der Waals surface area contributed by atoms with Crippen molar-refractivity contribution in [2.75, 3.05) is 6.54 Å². The van der Waals surface area contributed by atoms with Crippen LogP contribution >= 0.6 is 0 Å². The van der Waals surface area contributed by atoms with Gasteiger partial charge in [-0.15, -0.1) is 5.10 Å². The van der Waals surface area contributed by atoms with Gasteiger partial charge in [0.25, 0.3) is 0 Å². The van der Waals surface area contributed by atoms with Gasteiger partial charge in [0.05, 0.1) is 12.8 Å². The molecular formula is C15H21N5O3. The zero-order chi connectivity index (χ0) is 16.4. The van der Waals surface area contributed by atoms with Gasteiger partial charge in [-0.2, -0.15) is 0 Å². The number of hydrogen-bond donors (Lipinski definition) is 2. The Bertz CT molecular complexity index is 725. The van der Waals surface area contributed by atoms with Gasteiger partial charge >= 0.3 is 11.7 Å². The molecule has 1 fully saturated rings. The Morgan fingerprint density at radius 3 is 2.87 bits per heavy atom. The summed E-state index contributed by atoms with van der Waals surface area (Å²) < 4.78 is 8.45. The standard InChI is InChI=1S/C15H21N5O3/c1-10(2)17-14(21)16-7-8-19-15(22)20(11-5-6-11)13(18-19)12-4-3-9-23-12/h3-4,9-11H,5-8H2,1-2H3,(H2,16,17,21). The molecular weight excluding hydrogens is 298 g/mol. The molecule has 0 atom stereocenters. The van der Waals surface area contributed by atoms with Crippen molar-refractivity contribution in [1.29, 1.82) is 0 Å². The number of furan rings is 1. The lowest BCUT2D eigenvalue weighted by Crippen LogP contribution is -2.41. The molecule has 2 aromatic heterocycles. The first-order chi connectivity index (χ1) is 11.1. The number of carbonyl (C=O) groups is 1. The van der Waals surface area contributed by atoms with E-state index in [0.29, 0.717) is 24.7 Å². The van der Waals surface area contributed by atoms with Crippen LogP contribution in [0.2, 0.25) is 0 Å². The van der Waals surface area contributed by atoms with Gasteiger partial charge in [0.2, 0.25) is 5.82 Å². The molecule has 0 unspecified atom stereocenters. The molecule has 0 aromatic carbocycles. The fraction of sp³-hybridized carbons (Fsp3) is 0.533. The molecule has 0 spiro atoms. The Morgan fingerprint density at radius 2 is 2.26 bits per heavy atom. The molecule has 0 saturated heterocycles. The molecule has 0 aliphatic heterocycles. The van der Waals surface area contributed by atoms with E-state index in [-0.39, 0.29) is 23.8 Å². The third kappa shape index (κ3) is 3.46. The number of nitrogens with zero attached hydrogens (tertiary/aromatic N) is 3. The van der Waals surface area contributed by atoms with Crippen molar-refractivity contribution >= 4 is 6.03 Å². The van der Waals surface area contributed by atoms with Gasteiger partial charge in [-0.1, -0.05) is 0 Å². The highest BCUT2D eigenvalue weighted by Crippen LogP contribution is 2.36. The van der Waals surface area contributed by atoms with E-state index in [4.69, 9.17) is 4.42 Å². The Morgan fingerprint density at radius 1 is 1.48 bits per heavy atom. The highest BCUT2D eigenvalue weighted by atomic mass is 16.3. The Kier molecular flexibility index (Phi) is 4.22. The molecule has 2 aromatic rings. The van der Waals surface area contributed by atoms with Crippen LogP contribution < -0.4 is 16.3 Å². The molecule has 124 valence electrons. The lowest BCUT2D eigenvalue weighted by Gasteiger charge is -2.09. The van der Waals surface area contributed by atoms with Crippen molar-refractivity contribution in [1.82, 2.24) is 25.0 Å². The summed E-state index contributed by atoms with van der Waals surface area (Å²) in [5.41, 5.74) is -0.162. The number of urea groups is 1. The third-order valence-corrected chi connectivity index (χ3v) is 3.55. The largest absolute Gasteiger partial charge is 0.461 e. The van der Waals surface area contributed by atoms with Crippen molar-refractivity contribution in [2.24, 2.45) is 0 Å². The average Bonchev–Trinajstić information content (AvgIpc) is 3.06. The van der Waals surface area contributed by atoms with Gasteiger partial charge in [0.15, 0.2) is 5.76 Å². The first kappa shape index (κ1) is 15.4. The summed E-state index contributed by atoms with van der Waals surface area (Å²) in [5, 5.41) is 9.82. The van der Waals surface area contributed by atoms with Crippen LogP contribution in [-0.4, -0.2) is 33.0 Å². The molecule has 23 heavy (non-hydrogen) atoms. The number of carbonyl (C=O) groups excluding carboxylic acids is 1. The smallest absolute Gasteiger partial charge is 0.346 e. The van der Waals surface area contributed by atoms with E-state index in [9.17, 15) is 9.59 Å². The van der Waals surface area contributed by atoms with E-state index in [2.05, 4.69) is 15.7 Å². The van der Waals surface area contributed by atoms with Crippen molar-refractivity contribution < 1.29 is 9.21 Å². The summed E-state index contributed by atoms with van der Waals surface area (Å²) in [6.45, 7) is 4.42. The summed E-state index contributed by atoms with van der Waals surface area (Å²) in [6, 6.07) is 3.58. The van der Waals surface area contributed by atoms with E-state index in [1.54, 1.807) is 23.0 Å². The summed E-state index contributed by atoms with van der Waals surface area (Å²) in [4.78, 5) is 24.1. The first-order valence-electron chi connectivity index (χ1n) is 7.84. The molecule has 0 radical (unpaired) electrons. The highest BCUT2D eigenvalue weighted by molar-refractivity contribution is 5.73. The number of rotatable bonds is 6. The minimum absolute atomic E-state index is 0.0670. The molecule has 2 amide bonds. The summed E-state index contributed by atoms with van der Waals surface area (Å²) in [5.74, 6) is 1.13. The number of aromatic nitrogens is 3. The predicted octanol–water partition coefficient (Wildman–Crippen LogP) is 1.35. The van der Waals surface area contributed by atoms with Crippen LogP contribution in [0.4, 0.5) is 4.79 Å². The monoisotopic (exact) mass is 319 g/mol. The van der Waals surface area contributed by atoms with Crippen molar-refractivity contribution in [3.63, 3.8) is 0 Å². The lowest BCUT2D eigenvalue weighted by molar-refractivity contribution is 0.238. The van der Waals surface area contributed by atoms with E-state index >= 15 is 0 Å². The van der Waals surface area contributed by atoms with Gasteiger partial charge in [-0.25, -0.2) is 14.3 Å². The molecule has 0 bridgehead atoms. The molecule has 1 saturated carbocycles. The van der Waals surface area contributed by atoms with Gasteiger partial charge in [-0.3, -0.25) is 4.57 Å². The molecule has 1 aliphatic rings. The fourth-order valence-electron chi connectivity index (χ4n) is 2.39. The van der Waals surface area contributed by atoms with Crippen LogP contribution in [0.3, 0.4) is 0 Å². The van der Waals surface area contributed by atoms with Crippen LogP contribution in [0, 0.1) is 0 Å². The minimum Gasteiger partial charge on any atom is -0.461 e. The molecule has 3 rings (SSSR count). The summed E-state index contributed by atoms with van der Waals surface area (Å²) >= 11 is 0. The summed E-state index contributed by atoms with van der Waals surface area (Å²) in [7, 11) is 0. The van der Waals surface area contributed by atoms with E-state index in [1.807, 2.05) is 13.8 Å². The van der Waals surface area contributed by atoms with Gasteiger partial charge < -0.3 is 15.1 Å². The molecule has 2 N–H and O–H groups in total. The normalized spacial score (nSPS) is 14.2. The predicted molar refractivity (Wildman–Crippen MR) is 84.1 cm³/mol. The van der Waals surface area contributed by atoms with E-state index < -0.39 is 0 Å². The molecule has 8 nitrogen and oxygen atoms in total. The summed E-state index contributed by atoms with van der Waals surface area (Å²) in [6.07, 6.45) is 3.52. The lowest BCUT2D eigenvalue weighted by atomic mass is 10.4. The minimum atomic E-state index is -0.249. The third-order valence-electron chi connectivity index (χ3n) is 3.55. The second kappa shape index (κ2) is 6.31. The average molecular weight is 319 g/mol. The molecule has 2 heterocycles. The maximum absolute atomic E-state index is 12.5. The fourth-order valence-corrected chi connectivity index (χ4v) is 2.39. The maximum atomic E-state index is 12.5. The maximum Gasteiger partial charge on any atom is 0.346 e. The van der Waals surface area contributed by atoms with Gasteiger partial charge in [-0.05, 0) is 38.8 Å². The SMILES string of the molecule is CC(C)NC(=O)NCCn1nc(-c2ccco2)n(C2CC2)c1=O. The quantitative estimate of drug-likeness (QED) is 0.840. The highest BCUT2D eigenvalue weighted by Gasteiger charge is 2.31. The van der Waals surface area contributed by atoms with Gasteiger partial charge in [0.1, 0.15) is 0 Å². The van der Waals surface area contributed by atoms with Crippen LogP contribution in [0.25, 0.3) is 11.6 Å². The second-order valence-electron chi connectivity index (χ2n) is 5.96. The second-order valence-corrected chi connectivity index (χ2v) is 5.96. The Hall–Kier alpha value is -2.51. The number of hydrogen-bond acceptors (Lipinski definition) is 4. The molecule has 1 aliphatic carbocycles. The van der Waals surface area contributed by atoms with E-state index in [1.165, 1.54) is 4.68 Å². The van der Waals surface area contributed by atoms with Crippen LogP contribution in [0.15, 0.2) is 27.6 Å². The van der Waals surface area contributed by atoms with E-state index in [0.717, 1.165) is 12.8 Å². The topological polar surface area (TPSA) is 94.1 Å². The molecule has 8 heteroatoms. The number of amides is 2. The number of nitrogens with one attached hydrogen (secondary N) is 2. The van der Waals surface area contributed by atoms with Crippen molar-refractivity contribution in [3.05, 3.63) is 28.9 Å². The van der Waals surface area contributed by atoms with Gasteiger partial charge in [0, 0.05) is 18.6 Å². The first-order valence-corrected chi connectivity index (χ1v) is 7.84. The zero-order valence-corrected chi connectivity index (χ0v) is 13.3. The van der Waals surface area contributed by atoms with Crippen molar-refractivity contribution in [2.45, 2.75) is 45.3 Å². The van der Waals surface area contributed by atoms with Crippen LogP contribution in [0.1, 0.15) is 32.7 Å². The van der Waals surface area contributed by atoms with Crippen LogP contribution in [-0.2, 0) is 6.54 Å². The Labute approximate surface area is 133 Å². The van der Waals surface area contributed by atoms with Crippen molar-refractivity contribution in [3.8, 4) is 11.6 Å².